The van der Waals surface area contributed by atoms with Gasteiger partial charge in [0.25, 0.3) is 0 Å². The maximum Gasteiger partial charge on any atom is 0.176 e. The molecule has 148 valence electrons. The van der Waals surface area contributed by atoms with Gasteiger partial charge in [0.1, 0.15) is 0 Å². The Morgan fingerprint density at radius 1 is 1.04 bits per heavy atom. The lowest BCUT2D eigenvalue weighted by Crippen LogP contribution is -2.51. The van der Waals surface area contributed by atoms with E-state index < -0.39 is 5.60 Å². The van der Waals surface area contributed by atoms with E-state index in [-0.39, 0.29) is 11.3 Å². The van der Waals surface area contributed by atoms with Crippen molar-refractivity contribution in [3.63, 3.8) is 0 Å². The van der Waals surface area contributed by atoms with Crippen molar-refractivity contribution in [3.05, 3.63) is 22.4 Å². The van der Waals surface area contributed by atoms with Crippen LogP contribution in [0.1, 0.15) is 81.3 Å². The van der Waals surface area contributed by atoms with Gasteiger partial charge in [0.05, 0.1) is 10.5 Å². The fourth-order valence-electron chi connectivity index (χ4n) is 8.10. The zero-order valence-corrected chi connectivity index (χ0v) is 17.6. The molecular formula is C24H34O2S. The Kier molecular flexibility index (Phi) is 4.37. The van der Waals surface area contributed by atoms with E-state index in [9.17, 15) is 9.90 Å². The molecule has 27 heavy (non-hydrogen) atoms. The summed E-state index contributed by atoms with van der Waals surface area (Å²) in [6.45, 7) is 4.50. The predicted octanol–water partition coefficient (Wildman–Crippen LogP) is 5.95. The van der Waals surface area contributed by atoms with Gasteiger partial charge in [-0.15, -0.1) is 11.3 Å². The van der Waals surface area contributed by atoms with Crippen molar-refractivity contribution in [3.8, 4) is 0 Å². The Morgan fingerprint density at radius 2 is 1.85 bits per heavy atom. The van der Waals surface area contributed by atoms with Crippen LogP contribution in [0.15, 0.2) is 17.5 Å². The standard InChI is InChI=1S/C24H34O2S/c1-23(26)11-9-16-15(14-23)5-6-18-17(16)10-12-24(2)19(18)7-8-20(24)22(25)21-4-3-13-27-21/h3-4,13,15-20,26H,5-12,14H2,1-2H3/t15-,16+,17-,18-,19+,20-,23-,24+/m1/s1. The van der Waals surface area contributed by atoms with Crippen LogP contribution in [0.2, 0.25) is 0 Å². The quantitative estimate of drug-likeness (QED) is 0.638. The predicted molar refractivity (Wildman–Crippen MR) is 110 cm³/mol. The topological polar surface area (TPSA) is 37.3 Å². The molecule has 0 aromatic carbocycles. The Hall–Kier alpha value is -0.670. The summed E-state index contributed by atoms with van der Waals surface area (Å²) in [6, 6.07) is 4.04. The van der Waals surface area contributed by atoms with Crippen molar-refractivity contribution >= 4 is 17.1 Å². The summed E-state index contributed by atoms with van der Waals surface area (Å²) in [5, 5.41) is 12.6. The van der Waals surface area contributed by atoms with Gasteiger partial charge < -0.3 is 5.11 Å². The summed E-state index contributed by atoms with van der Waals surface area (Å²) in [7, 11) is 0. The lowest BCUT2D eigenvalue weighted by atomic mass is 9.49. The fraction of sp³-hybridized carbons (Fsp3) is 0.792. The molecule has 4 fully saturated rings. The van der Waals surface area contributed by atoms with Crippen molar-refractivity contribution in [1.82, 2.24) is 0 Å². The van der Waals surface area contributed by atoms with Crippen molar-refractivity contribution in [2.75, 3.05) is 0 Å². The van der Waals surface area contributed by atoms with Crippen LogP contribution in [0.3, 0.4) is 0 Å². The van der Waals surface area contributed by atoms with Gasteiger partial charge in [-0.2, -0.15) is 0 Å². The highest BCUT2D eigenvalue weighted by Gasteiger charge is 2.58. The molecule has 0 radical (unpaired) electrons. The molecule has 0 amide bonds. The summed E-state index contributed by atoms with van der Waals surface area (Å²) < 4.78 is 0. The van der Waals surface area contributed by atoms with Gasteiger partial charge >= 0.3 is 0 Å². The van der Waals surface area contributed by atoms with Gasteiger partial charge in [0.2, 0.25) is 0 Å². The number of ketones is 1. The zero-order chi connectivity index (χ0) is 18.8. The SMILES string of the molecule is C[C@@]1(O)CC[C@H]2[C@H](CC[C@@H]3[C@@H]2CC[C@]2(C)[C@@H](C(=O)c4cccs4)CC[C@@H]32)C1. The lowest BCUT2D eigenvalue weighted by Gasteiger charge is -2.56. The van der Waals surface area contributed by atoms with Crippen LogP contribution in [0.25, 0.3) is 0 Å². The molecule has 0 unspecified atom stereocenters. The first kappa shape index (κ1) is 18.4. The van der Waals surface area contributed by atoms with E-state index in [0.29, 0.717) is 5.78 Å². The van der Waals surface area contributed by atoms with Gasteiger partial charge in [-0.3, -0.25) is 4.79 Å². The summed E-state index contributed by atoms with van der Waals surface area (Å²) in [6.07, 6.45) is 10.8. The molecule has 0 spiro atoms. The molecule has 4 aliphatic carbocycles. The number of rotatable bonds is 2. The average Bonchev–Trinajstić information content (AvgIpc) is 3.27. The number of carbonyl (C=O) groups is 1. The maximum absolute atomic E-state index is 13.2. The third kappa shape index (κ3) is 2.87. The van der Waals surface area contributed by atoms with Crippen LogP contribution in [0, 0.1) is 40.9 Å². The van der Waals surface area contributed by atoms with Crippen LogP contribution in [-0.4, -0.2) is 16.5 Å². The van der Waals surface area contributed by atoms with Crippen LogP contribution in [0.4, 0.5) is 0 Å². The molecule has 0 saturated heterocycles. The van der Waals surface area contributed by atoms with Crippen molar-refractivity contribution in [1.29, 1.82) is 0 Å². The summed E-state index contributed by atoms with van der Waals surface area (Å²) in [4.78, 5) is 14.2. The number of Topliss-reactive ketones (excluding diaryl/α,β-unsaturated/α-hetero) is 1. The minimum absolute atomic E-state index is 0.217. The van der Waals surface area contributed by atoms with Gasteiger partial charge in [0, 0.05) is 5.92 Å². The molecule has 0 bridgehead atoms. The van der Waals surface area contributed by atoms with Crippen LogP contribution < -0.4 is 0 Å². The summed E-state index contributed by atoms with van der Waals surface area (Å²) in [5.74, 6) is 4.67. The van der Waals surface area contributed by atoms with Crippen molar-refractivity contribution in [2.24, 2.45) is 40.9 Å². The Balaban J connectivity index is 1.37. The normalized spacial score (nSPS) is 49.1. The van der Waals surface area contributed by atoms with Gasteiger partial charge in [0.15, 0.2) is 5.78 Å². The molecule has 4 aliphatic rings. The van der Waals surface area contributed by atoms with E-state index in [0.717, 1.165) is 53.7 Å². The molecule has 5 rings (SSSR count). The Bertz CT molecular complexity index is 708. The molecule has 4 saturated carbocycles. The first-order chi connectivity index (χ1) is 12.9. The number of thiophene rings is 1. The number of hydrogen-bond acceptors (Lipinski definition) is 3. The molecule has 1 aromatic heterocycles. The molecular weight excluding hydrogens is 352 g/mol. The molecule has 1 heterocycles. The largest absolute Gasteiger partial charge is 0.390 e. The number of aliphatic hydroxyl groups is 1. The van der Waals surface area contributed by atoms with Gasteiger partial charge in [-0.25, -0.2) is 0 Å². The smallest absolute Gasteiger partial charge is 0.176 e. The monoisotopic (exact) mass is 386 g/mol. The lowest BCUT2D eigenvalue weighted by molar-refractivity contribution is -0.0976. The second-order valence-electron chi connectivity index (χ2n) is 10.7. The molecule has 8 atom stereocenters. The van der Waals surface area contributed by atoms with E-state index in [1.165, 1.54) is 38.5 Å². The van der Waals surface area contributed by atoms with E-state index in [2.05, 4.69) is 6.92 Å². The van der Waals surface area contributed by atoms with Crippen LogP contribution >= 0.6 is 11.3 Å². The van der Waals surface area contributed by atoms with E-state index in [1.54, 1.807) is 11.3 Å². The Morgan fingerprint density at radius 3 is 2.63 bits per heavy atom. The minimum atomic E-state index is -0.428. The second kappa shape index (κ2) is 6.42. The highest BCUT2D eigenvalue weighted by atomic mass is 32.1. The Labute approximate surface area is 167 Å². The summed E-state index contributed by atoms with van der Waals surface area (Å²) >= 11 is 1.62. The fourth-order valence-corrected chi connectivity index (χ4v) is 8.82. The van der Waals surface area contributed by atoms with Gasteiger partial charge in [-0.1, -0.05) is 13.0 Å². The minimum Gasteiger partial charge on any atom is -0.390 e. The second-order valence-corrected chi connectivity index (χ2v) is 11.6. The first-order valence-electron chi connectivity index (χ1n) is 11.2. The molecule has 2 nitrogen and oxygen atoms in total. The van der Waals surface area contributed by atoms with Gasteiger partial charge in [-0.05, 0) is 111 Å². The number of hydrogen-bond donors (Lipinski definition) is 1. The first-order valence-corrected chi connectivity index (χ1v) is 12.1. The van der Waals surface area contributed by atoms with Crippen LogP contribution in [0.5, 0.6) is 0 Å². The third-order valence-electron chi connectivity index (χ3n) is 9.32. The van der Waals surface area contributed by atoms with E-state index in [1.807, 2.05) is 24.4 Å². The molecule has 1 aromatic rings. The average molecular weight is 387 g/mol. The van der Waals surface area contributed by atoms with Crippen molar-refractivity contribution in [2.45, 2.75) is 77.2 Å². The number of fused-ring (bicyclic) bond motifs is 5. The third-order valence-corrected chi connectivity index (χ3v) is 10.2. The summed E-state index contributed by atoms with van der Waals surface area (Å²) in [5.41, 5.74) is -0.210. The molecule has 3 heteroatoms. The molecule has 0 aliphatic heterocycles. The van der Waals surface area contributed by atoms with E-state index in [4.69, 9.17) is 0 Å². The molecule has 1 N–H and O–H groups in total. The highest BCUT2D eigenvalue weighted by Crippen LogP contribution is 2.65. The van der Waals surface area contributed by atoms with E-state index >= 15 is 0 Å². The highest BCUT2D eigenvalue weighted by molar-refractivity contribution is 7.12. The number of carbonyl (C=O) groups excluding carboxylic acids is 1. The maximum atomic E-state index is 13.2. The van der Waals surface area contributed by atoms with Crippen molar-refractivity contribution < 1.29 is 9.90 Å². The zero-order valence-electron chi connectivity index (χ0n) is 16.8. The van der Waals surface area contributed by atoms with Crippen LogP contribution in [-0.2, 0) is 0 Å².